The van der Waals surface area contributed by atoms with E-state index in [-0.39, 0.29) is 23.6 Å². The van der Waals surface area contributed by atoms with Gasteiger partial charge in [0, 0.05) is 37.2 Å². The summed E-state index contributed by atoms with van der Waals surface area (Å²) in [5.41, 5.74) is 1.17. The Morgan fingerprint density at radius 1 is 1.24 bits per heavy atom. The topological polar surface area (TPSA) is 66.5 Å². The number of anilines is 1. The van der Waals surface area contributed by atoms with Gasteiger partial charge in [-0.2, -0.15) is 0 Å². The van der Waals surface area contributed by atoms with Crippen LogP contribution in [0.1, 0.15) is 43.0 Å². The third-order valence-corrected chi connectivity index (χ3v) is 3.90. The van der Waals surface area contributed by atoms with Crippen molar-refractivity contribution in [1.82, 2.24) is 4.90 Å². The van der Waals surface area contributed by atoms with Gasteiger partial charge in [0.1, 0.15) is 5.78 Å². The van der Waals surface area contributed by atoms with E-state index in [2.05, 4.69) is 5.32 Å². The van der Waals surface area contributed by atoms with Crippen LogP contribution < -0.4 is 5.32 Å². The highest BCUT2D eigenvalue weighted by Crippen LogP contribution is 2.20. The Bertz CT molecular complexity index is 558. The summed E-state index contributed by atoms with van der Waals surface area (Å²) in [4.78, 5) is 36.4. The molecule has 0 unspecified atom stereocenters. The van der Waals surface area contributed by atoms with Crippen LogP contribution in [0.2, 0.25) is 0 Å². The summed E-state index contributed by atoms with van der Waals surface area (Å²) in [5, 5.41) is 2.80. The molecule has 0 aliphatic heterocycles. The molecule has 1 fully saturated rings. The van der Waals surface area contributed by atoms with Crippen LogP contribution in [0.5, 0.6) is 0 Å². The highest BCUT2D eigenvalue weighted by Gasteiger charge is 2.25. The third-order valence-electron chi connectivity index (χ3n) is 3.90. The maximum absolute atomic E-state index is 12.2. The van der Waals surface area contributed by atoms with Crippen LogP contribution >= 0.6 is 0 Å². The molecule has 1 aromatic carbocycles. The third kappa shape index (κ3) is 3.90. The number of benzene rings is 1. The molecule has 0 aromatic heterocycles. The van der Waals surface area contributed by atoms with Gasteiger partial charge in [-0.3, -0.25) is 9.59 Å². The summed E-state index contributed by atoms with van der Waals surface area (Å²) in [6.07, 6.45) is 2.52. The van der Waals surface area contributed by atoms with Crippen LogP contribution in [0.3, 0.4) is 0 Å². The summed E-state index contributed by atoms with van der Waals surface area (Å²) in [7, 11) is 1.74. The molecular weight excluding hydrogens is 268 g/mol. The molecule has 0 bridgehead atoms. The Morgan fingerprint density at radius 3 is 2.52 bits per heavy atom. The molecule has 1 aliphatic carbocycles. The lowest BCUT2D eigenvalue weighted by Crippen LogP contribution is -2.41. The number of rotatable bonds is 3. The van der Waals surface area contributed by atoms with Crippen molar-refractivity contribution >= 4 is 23.3 Å². The molecule has 1 N–H and O–H groups in total. The summed E-state index contributed by atoms with van der Waals surface area (Å²) in [5.74, 6) is 0.236. The minimum atomic E-state index is -0.213. The minimum Gasteiger partial charge on any atom is -0.325 e. The summed E-state index contributed by atoms with van der Waals surface area (Å²) >= 11 is 0. The number of nitrogens with zero attached hydrogens (tertiary/aromatic N) is 1. The van der Waals surface area contributed by atoms with Crippen molar-refractivity contribution in [2.75, 3.05) is 12.4 Å². The second-order valence-corrected chi connectivity index (χ2v) is 5.45. The van der Waals surface area contributed by atoms with E-state index >= 15 is 0 Å². The highest BCUT2D eigenvalue weighted by atomic mass is 16.2. The zero-order valence-electron chi connectivity index (χ0n) is 12.4. The first-order valence-corrected chi connectivity index (χ1v) is 7.14. The van der Waals surface area contributed by atoms with Crippen molar-refractivity contribution in [3.63, 3.8) is 0 Å². The van der Waals surface area contributed by atoms with E-state index in [4.69, 9.17) is 0 Å². The van der Waals surface area contributed by atoms with Crippen molar-refractivity contribution < 1.29 is 14.4 Å². The Hall–Kier alpha value is -2.17. The second-order valence-electron chi connectivity index (χ2n) is 5.45. The number of ketones is 2. The van der Waals surface area contributed by atoms with Crippen molar-refractivity contribution in [3.8, 4) is 0 Å². The largest absolute Gasteiger partial charge is 0.325 e. The number of urea groups is 1. The van der Waals surface area contributed by atoms with Gasteiger partial charge in [0.15, 0.2) is 5.78 Å². The van der Waals surface area contributed by atoms with E-state index in [1.807, 2.05) is 0 Å². The van der Waals surface area contributed by atoms with Gasteiger partial charge < -0.3 is 10.2 Å². The van der Waals surface area contributed by atoms with E-state index in [1.54, 1.807) is 36.2 Å². The monoisotopic (exact) mass is 288 g/mol. The number of hydrogen-bond donors (Lipinski definition) is 1. The minimum absolute atomic E-state index is 0.0368. The number of hydrogen-bond acceptors (Lipinski definition) is 3. The summed E-state index contributed by atoms with van der Waals surface area (Å²) < 4.78 is 0. The fourth-order valence-electron chi connectivity index (χ4n) is 2.51. The second kappa shape index (κ2) is 6.52. The van der Waals surface area contributed by atoms with Crippen molar-refractivity contribution in [2.24, 2.45) is 0 Å². The molecule has 2 amide bonds. The van der Waals surface area contributed by atoms with E-state index in [9.17, 15) is 14.4 Å². The Labute approximate surface area is 124 Å². The molecule has 0 spiro atoms. The fourth-order valence-corrected chi connectivity index (χ4v) is 2.51. The Kier molecular flexibility index (Phi) is 4.73. The Morgan fingerprint density at radius 2 is 1.90 bits per heavy atom. The van der Waals surface area contributed by atoms with Crippen LogP contribution in [0, 0.1) is 0 Å². The molecule has 0 radical (unpaired) electrons. The van der Waals surface area contributed by atoms with Gasteiger partial charge in [0.05, 0.1) is 0 Å². The SMILES string of the molecule is CC(=O)c1cccc(NC(=O)N(C)C2CCC(=O)CC2)c1. The van der Waals surface area contributed by atoms with Gasteiger partial charge >= 0.3 is 6.03 Å². The lowest BCUT2D eigenvalue weighted by atomic mass is 9.93. The molecule has 5 nitrogen and oxygen atoms in total. The molecule has 21 heavy (non-hydrogen) atoms. The lowest BCUT2D eigenvalue weighted by molar-refractivity contribution is -0.121. The van der Waals surface area contributed by atoms with Crippen LogP contribution in [0.25, 0.3) is 0 Å². The highest BCUT2D eigenvalue weighted by molar-refractivity contribution is 5.96. The van der Waals surface area contributed by atoms with Crippen LogP contribution in [0.4, 0.5) is 10.5 Å². The molecule has 0 saturated heterocycles. The van der Waals surface area contributed by atoms with Gasteiger partial charge in [0.25, 0.3) is 0 Å². The van der Waals surface area contributed by atoms with E-state index in [1.165, 1.54) is 6.92 Å². The van der Waals surface area contributed by atoms with E-state index in [0.717, 1.165) is 12.8 Å². The standard InChI is InChI=1S/C16H20N2O3/c1-11(19)12-4-3-5-13(10-12)17-16(21)18(2)14-6-8-15(20)9-7-14/h3-5,10,14H,6-9H2,1-2H3,(H,17,21). The number of amides is 2. The molecule has 112 valence electrons. The summed E-state index contributed by atoms with van der Waals surface area (Å²) in [6, 6.07) is 6.76. The first kappa shape index (κ1) is 15.2. The van der Waals surface area contributed by atoms with Gasteiger partial charge in [-0.15, -0.1) is 0 Å². The van der Waals surface area contributed by atoms with Crippen LogP contribution in [-0.4, -0.2) is 35.6 Å². The van der Waals surface area contributed by atoms with Crippen molar-refractivity contribution in [2.45, 2.75) is 38.6 Å². The Balaban J connectivity index is 1.99. The maximum atomic E-state index is 12.2. The van der Waals surface area contributed by atoms with Gasteiger partial charge in [-0.05, 0) is 31.9 Å². The predicted molar refractivity (Wildman–Crippen MR) is 80.5 cm³/mol. The van der Waals surface area contributed by atoms with Gasteiger partial charge in [-0.25, -0.2) is 4.79 Å². The molecular formula is C16H20N2O3. The zero-order chi connectivity index (χ0) is 15.4. The first-order valence-electron chi connectivity index (χ1n) is 7.14. The molecule has 1 saturated carbocycles. The zero-order valence-corrected chi connectivity index (χ0v) is 12.4. The number of Topliss-reactive ketones (excluding diaryl/α,β-unsaturated/α-hetero) is 2. The molecule has 1 aliphatic rings. The molecule has 1 aromatic rings. The van der Waals surface area contributed by atoms with Crippen molar-refractivity contribution in [1.29, 1.82) is 0 Å². The fraction of sp³-hybridized carbons (Fsp3) is 0.438. The molecule has 2 rings (SSSR count). The molecule has 5 heteroatoms. The normalized spacial score (nSPS) is 15.6. The van der Waals surface area contributed by atoms with E-state index < -0.39 is 0 Å². The molecule has 0 atom stereocenters. The quantitative estimate of drug-likeness (QED) is 0.870. The van der Waals surface area contributed by atoms with Crippen molar-refractivity contribution in [3.05, 3.63) is 29.8 Å². The smallest absolute Gasteiger partial charge is 0.321 e. The van der Waals surface area contributed by atoms with Crippen LogP contribution in [-0.2, 0) is 4.79 Å². The van der Waals surface area contributed by atoms with E-state index in [0.29, 0.717) is 24.1 Å². The first-order chi connectivity index (χ1) is 9.97. The summed E-state index contributed by atoms with van der Waals surface area (Å²) in [6.45, 7) is 1.49. The number of nitrogens with one attached hydrogen (secondary N) is 1. The van der Waals surface area contributed by atoms with Gasteiger partial charge in [-0.1, -0.05) is 12.1 Å². The van der Waals surface area contributed by atoms with Crippen LogP contribution in [0.15, 0.2) is 24.3 Å². The average molecular weight is 288 g/mol. The molecule has 0 heterocycles. The number of carbonyl (C=O) groups excluding carboxylic acids is 3. The maximum Gasteiger partial charge on any atom is 0.321 e. The number of carbonyl (C=O) groups is 3. The van der Waals surface area contributed by atoms with Gasteiger partial charge in [0.2, 0.25) is 0 Å². The average Bonchev–Trinajstić information content (AvgIpc) is 2.47. The predicted octanol–water partition coefficient (Wildman–Crippen LogP) is 2.86. The lowest BCUT2D eigenvalue weighted by Gasteiger charge is -2.30.